The van der Waals surface area contributed by atoms with Gasteiger partial charge in [-0.1, -0.05) is 17.7 Å². The van der Waals surface area contributed by atoms with Crippen LogP contribution in [0.3, 0.4) is 0 Å². The van der Waals surface area contributed by atoms with E-state index in [9.17, 15) is 14.7 Å². The van der Waals surface area contributed by atoms with E-state index >= 15 is 0 Å². The minimum absolute atomic E-state index is 0.0700. The Hall–Kier alpha value is -2.60. The fourth-order valence-electron chi connectivity index (χ4n) is 1.53. The third kappa shape index (κ3) is 4.19. The molecule has 0 saturated heterocycles. The van der Waals surface area contributed by atoms with E-state index in [4.69, 9.17) is 11.6 Å². The van der Waals surface area contributed by atoms with Crippen LogP contribution in [0.15, 0.2) is 42.6 Å². The van der Waals surface area contributed by atoms with E-state index in [1.807, 2.05) is 0 Å². The first kappa shape index (κ1) is 14.8. The Balaban J connectivity index is 1.89. The van der Waals surface area contributed by atoms with Crippen molar-refractivity contribution in [2.75, 3.05) is 11.9 Å². The molecule has 0 unspecified atom stereocenters. The molecule has 0 bridgehead atoms. The normalized spacial score (nSPS) is 9.95. The number of nitrogens with one attached hydrogen (secondary N) is 2. The van der Waals surface area contributed by atoms with Gasteiger partial charge < -0.3 is 15.7 Å². The Morgan fingerprint density at radius 3 is 2.71 bits per heavy atom. The van der Waals surface area contributed by atoms with E-state index in [0.29, 0.717) is 5.82 Å². The van der Waals surface area contributed by atoms with Gasteiger partial charge in [0.05, 0.1) is 11.6 Å². The standard InChI is InChI=1S/C14H12ClN3O3/c15-10-7-9(4-5-11(10)19)14(21)17-8-13(20)18-12-3-1-2-6-16-12/h1-7,19H,8H2,(H,17,21)(H,16,18,20). The Kier molecular flexibility index (Phi) is 4.73. The number of amides is 2. The van der Waals surface area contributed by atoms with E-state index in [2.05, 4.69) is 15.6 Å². The molecule has 0 spiro atoms. The van der Waals surface area contributed by atoms with Gasteiger partial charge in [0.15, 0.2) is 0 Å². The maximum Gasteiger partial charge on any atom is 0.251 e. The van der Waals surface area contributed by atoms with E-state index in [1.54, 1.807) is 24.4 Å². The van der Waals surface area contributed by atoms with Crippen LogP contribution in [0.4, 0.5) is 5.82 Å². The molecule has 6 nitrogen and oxygen atoms in total. The second-order valence-electron chi connectivity index (χ2n) is 4.11. The molecule has 0 fully saturated rings. The zero-order valence-electron chi connectivity index (χ0n) is 10.8. The maximum atomic E-state index is 11.8. The van der Waals surface area contributed by atoms with Crippen molar-refractivity contribution in [3.8, 4) is 5.75 Å². The molecule has 0 aliphatic carbocycles. The predicted molar refractivity (Wildman–Crippen MR) is 78.3 cm³/mol. The van der Waals surface area contributed by atoms with Crippen LogP contribution < -0.4 is 10.6 Å². The van der Waals surface area contributed by atoms with Gasteiger partial charge in [-0.3, -0.25) is 9.59 Å². The molecular formula is C14H12ClN3O3. The summed E-state index contributed by atoms with van der Waals surface area (Å²) in [6, 6.07) is 9.15. The first-order valence-corrected chi connectivity index (χ1v) is 6.41. The van der Waals surface area contributed by atoms with Crippen LogP contribution in [0.25, 0.3) is 0 Å². The number of pyridine rings is 1. The van der Waals surface area contributed by atoms with E-state index in [-0.39, 0.29) is 22.9 Å². The Morgan fingerprint density at radius 2 is 2.05 bits per heavy atom. The third-order valence-electron chi connectivity index (χ3n) is 2.55. The van der Waals surface area contributed by atoms with Crippen LogP contribution in [-0.2, 0) is 4.79 Å². The maximum absolute atomic E-state index is 11.8. The number of hydrogen-bond donors (Lipinski definition) is 3. The molecular weight excluding hydrogens is 294 g/mol. The number of hydrogen-bond acceptors (Lipinski definition) is 4. The second-order valence-corrected chi connectivity index (χ2v) is 4.52. The molecule has 2 amide bonds. The molecule has 2 rings (SSSR count). The van der Waals surface area contributed by atoms with Crippen molar-refractivity contribution in [1.82, 2.24) is 10.3 Å². The molecule has 7 heteroatoms. The monoisotopic (exact) mass is 305 g/mol. The molecule has 2 aromatic rings. The van der Waals surface area contributed by atoms with Crippen LogP contribution >= 0.6 is 11.6 Å². The minimum atomic E-state index is -0.465. The summed E-state index contributed by atoms with van der Waals surface area (Å²) in [7, 11) is 0. The van der Waals surface area contributed by atoms with Crippen molar-refractivity contribution >= 4 is 29.2 Å². The highest BCUT2D eigenvalue weighted by molar-refractivity contribution is 6.32. The molecule has 0 aliphatic rings. The number of benzene rings is 1. The first-order valence-electron chi connectivity index (χ1n) is 6.04. The number of phenolic OH excluding ortho intramolecular Hbond substituents is 1. The highest BCUT2D eigenvalue weighted by Gasteiger charge is 2.10. The van der Waals surface area contributed by atoms with Gasteiger partial charge in [-0.05, 0) is 30.3 Å². The summed E-state index contributed by atoms with van der Waals surface area (Å²) in [5, 5.41) is 14.3. The number of rotatable bonds is 4. The lowest BCUT2D eigenvalue weighted by Gasteiger charge is -2.07. The summed E-state index contributed by atoms with van der Waals surface area (Å²) in [6.07, 6.45) is 1.55. The van der Waals surface area contributed by atoms with Crippen LogP contribution in [0.5, 0.6) is 5.75 Å². The molecule has 1 aromatic carbocycles. The molecule has 0 radical (unpaired) electrons. The number of aromatic hydroxyl groups is 1. The van der Waals surface area contributed by atoms with Crippen LogP contribution in [0.1, 0.15) is 10.4 Å². The van der Waals surface area contributed by atoms with Crippen LogP contribution in [0.2, 0.25) is 5.02 Å². The van der Waals surface area contributed by atoms with Gasteiger partial charge >= 0.3 is 0 Å². The number of nitrogens with zero attached hydrogens (tertiary/aromatic N) is 1. The summed E-state index contributed by atoms with van der Waals surface area (Å²) in [5.74, 6) is -0.564. The summed E-state index contributed by atoms with van der Waals surface area (Å²) in [4.78, 5) is 27.4. The van der Waals surface area contributed by atoms with E-state index < -0.39 is 11.8 Å². The largest absolute Gasteiger partial charge is 0.506 e. The van der Waals surface area contributed by atoms with E-state index in [0.717, 1.165) is 0 Å². The lowest BCUT2D eigenvalue weighted by molar-refractivity contribution is -0.115. The zero-order chi connectivity index (χ0) is 15.2. The Labute approximate surface area is 125 Å². The van der Waals surface area contributed by atoms with Gasteiger partial charge in [0, 0.05) is 11.8 Å². The average molecular weight is 306 g/mol. The van der Waals surface area contributed by atoms with Gasteiger partial charge in [0.1, 0.15) is 11.6 Å². The molecule has 0 atom stereocenters. The lowest BCUT2D eigenvalue weighted by atomic mass is 10.2. The number of carbonyl (C=O) groups is 2. The third-order valence-corrected chi connectivity index (χ3v) is 2.85. The van der Waals surface area contributed by atoms with Crippen molar-refractivity contribution in [1.29, 1.82) is 0 Å². The fraction of sp³-hybridized carbons (Fsp3) is 0.0714. The van der Waals surface area contributed by atoms with Crippen molar-refractivity contribution in [3.63, 3.8) is 0 Å². The summed E-state index contributed by atoms with van der Waals surface area (Å²) in [6.45, 7) is -0.200. The SMILES string of the molecule is O=C(CNC(=O)c1ccc(O)c(Cl)c1)Nc1ccccn1. The van der Waals surface area contributed by atoms with Gasteiger partial charge in [0.2, 0.25) is 5.91 Å². The van der Waals surface area contributed by atoms with Crippen LogP contribution in [0, 0.1) is 0 Å². The van der Waals surface area contributed by atoms with Crippen molar-refractivity contribution < 1.29 is 14.7 Å². The second kappa shape index (κ2) is 6.71. The van der Waals surface area contributed by atoms with Crippen molar-refractivity contribution in [2.24, 2.45) is 0 Å². The molecule has 0 saturated carbocycles. The average Bonchev–Trinajstić information content (AvgIpc) is 2.48. The van der Waals surface area contributed by atoms with E-state index in [1.165, 1.54) is 18.2 Å². The molecule has 3 N–H and O–H groups in total. The predicted octanol–water partition coefficient (Wildman–Crippen LogP) is 1.81. The zero-order valence-corrected chi connectivity index (χ0v) is 11.6. The number of aromatic nitrogens is 1. The van der Waals surface area contributed by atoms with Gasteiger partial charge in [0.25, 0.3) is 5.91 Å². The molecule has 21 heavy (non-hydrogen) atoms. The fourth-order valence-corrected chi connectivity index (χ4v) is 1.72. The number of phenols is 1. The highest BCUT2D eigenvalue weighted by atomic mass is 35.5. The summed E-state index contributed by atoms with van der Waals surface area (Å²) >= 11 is 5.71. The first-order chi connectivity index (χ1) is 10.1. The minimum Gasteiger partial charge on any atom is -0.506 e. The van der Waals surface area contributed by atoms with Crippen molar-refractivity contribution in [2.45, 2.75) is 0 Å². The number of halogens is 1. The summed E-state index contributed by atoms with van der Waals surface area (Å²) < 4.78 is 0. The topological polar surface area (TPSA) is 91.3 Å². The number of anilines is 1. The molecule has 108 valence electrons. The molecule has 0 aliphatic heterocycles. The molecule has 1 aromatic heterocycles. The number of carbonyl (C=O) groups excluding carboxylic acids is 2. The van der Waals surface area contributed by atoms with Crippen LogP contribution in [-0.4, -0.2) is 28.4 Å². The Morgan fingerprint density at radius 1 is 1.24 bits per heavy atom. The lowest BCUT2D eigenvalue weighted by Crippen LogP contribution is -2.33. The van der Waals surface area contributed by atoms with Gasteiger partial charge in [-0.25, -0.2) is 4.98 Å². The van der Waals surface area contributed by atoms with Gasteiger partial charge in [-0.15, -0.1) is 0 Å². The summed E-state index contributed by atoms with van der Waals surface area (Å²) in [5.41, 5.74) is 0.253. The Bertz CT molecular complexity index is 662. The smallest absolute Gasteiger partial charge is 0.251 e. The molecule has 1 heterocycles. The van der Waals surface area contributed by atoms with Gasteiger partial charge in [-0.2, -0.15) is 0 Å². The quantitative estimate of drug-likeness (QED) is 0.803. The highest BCUT2D eigenvalue weighted by Crippen LogP contribution is 2.23. The van der Waals surface area contributed by atoms with Crippen molar-refractivity contribution in [3.05, 3.63) is 53.2 Å².